The maximum atomic E-state index is 12.6. The number of nitrogens with one attached hydrogen (secondary N) is 2. The zero-order valence-electron chi connectivity index (χ0n) is 19.3. The molecule has 0 aromatic heterocycles. The molecule has 0 spiro atoms. The molecule has 8 heteroatoms. The molecule has 0 radical (unpaired) electrons. The summed E-state index contributed by atoms with van der Waals surface area (Å²) in [5.41, 5.74) is 1.24. The SMILES string of the molecule is CN=C(NCCC(=O)N1CCN(c2ccccc2)CC1)NCC(C)(C)N1CCOCC1. The minimum atomic E-state index is 0.00957. The Bertz CT molecular complexity index is 710. The van der Waals surface area contributed by atoms with Crippen LogP contribution >= 0.6 is 0 Å². The van der Waals surface area contributed by atoms with Crippen LogP contribution in [0.15, 0.2) is 35.3 Å². The van der Waals surface area contributed by atoms with Crippen molar-refractivity contribution < 1.29 is 9.53 Å². The van der Waals surface area contributed by atoms with E-state index in [9.17, 15) is 4.79 Å². The van der Waals surface area contributed by atoms with Crippen LogP contribution < -0.4 is 15.5 Å². The molecular formula is C23H38N6O2. The third-order valence-corrected chi connectivity index (χ3v) is 6.16. The Morgan fingerprint density at radius 3 is 2.35 bits per heavy atom. The lowest BCUT2D eigenvalue weighted by Gasteiger charge is -2.41. The first-order chi connectivity index (χ1) is 15.0. The number of guanidine groups is 1. The Kier molecular flexibility index (Phi) is 8.54. The molecule has 2 aliphatic rings. The number of rotatable bonds is 7. The van der Waals surface area contributed by atoms with Gasteiger partial charge in [-0.25, -0.2) is 0 Å². The van der Waals surface area contributed by atoms with Crippen LogP contribution in [0.5, 0.6) is 0 Å². The van der Waals surface area contributed by atoms with Crippen molar-refractivity contribution in [2.75, 3.05) is 77.5 Å². The lowest BCUT2D eigenvalue weighted by molar-refractivity contribution is -0.131. The van der Waals surface area contributed by atoms with Crippen LogP contribution in [0.2, 0.25) is 0 Å². The largest absolute Gasteiger partial charge is 0.379 e. The predicted molar refractivity (Wildman–Crippen MR) is 126 cm³/mol. The summed E-state index contributed by atoms with van der Waals surface area (Å²) in [7, 11) is 1.77. The van der Waals surface area contributed by atoms with E-state index in [1.54, 1.807) is 7.05 Å². The lowest BCUT2D eigenvalue weighted by Crippen LogP contribution is -2.56. The Balaban J connectivity index is 1.35. The van der Waals surface area contributed by atoms with Crippen molar-refractivity contribution in [1.82, 2.24) is 20.4 Å². The van der Waals surface area contributed by atoms with Gasteiger partial charge in [-0.3, -0.25) is 14.7 Å². The molecule has 8 nitrogen and oxygen atoms in total. The molecule has 3 rings (SSSR count). The lowest BCUT2D eigenvalue weighted by atomic mass is 10.0. The van der Waals surface area contributed by atoms with Crippen LogP contribution in [0.25, 0.3) is 0 Å². The molecule has 2 heterocycles. The summed E-state index contributed by atoms with van der Waals surface area (Å²) in [4.78, 5) is 23.7. The second-order valence-corrected chi connectivity index (χ2v) is 8.72. The van der Waals surface area contributed by atoms with Crippen molar-refractivity contribution in [3.63, 3.8) is 0 Å². The predicted octanol–water partition coefficient (Wildman–Crippen LogP) is 1.00. The number of nitrogens with zero attached hydrogens (tertiary/aromatic N) is 4. The van der Waals surface area contributed by atoms with E-state index in [0.717, 1.165) is 65.0 Å². The summed E-state index contributed by atoms with van der Waals surface area (Å²) >= 11 is 0. The van der Waals surface area contributed by atoms with Crippen molar-refractivity contribution >= 4 is 17.6 Å². The molecule has 1 amide bonds. The zero-order valence-corrected chi connectivity index (χ0v) is 19.3. The highest BCUT2D eigenvalue weighted by atomic mass is 16.5. The molecule has 2 fully saturated rings. The second kappa shape index (κ2) is 11.3. The summed E-state index contributed by atoms with van der Waals surface area (Å²) in [6.45, 7) is 12.6. The van der Waals surface area contributed by atoms with Crippen molar-refractivity contribution in [3.05, 3.63) is 30.3 Å². The Morgan fingerprint density at radius 2 is 1.71 bits per heavy atom. The maximum Gasteiger partial charge on any atom is 0.224 e. The molecule has 1 aromatic carbocycles. The number of hydrogen-bond acceptors (Lipinski definition) is 5. The third-order valence-electron chi connectivity index (χ3n) is 6.16. The molecule has 1 aromatic rings. The van der Waals surface area contributed by atoms with Crippen LogP contribution in [0.4, 0.5) is 5.69 Å². The number of ether oxygens (including phenoxy) is 1. The fraction of sp³-hybridized carbons (Fsp3) is 0.652. The fourth-order valence-electron chi connectivity index (χ4n) is 4.10. The third kappa shape index (κ3) is 6.83. The highest BCUT2D eigenvalue weighted by Gasteiger charge is 2.28. The van der Waals surface area contributed by atoms with Gasteiger partial charge in [0.1, 0.15) is 0 Å². The van der Waals surface area contributed by atoms with E-state index >= 15 is 0 Å². The minimum Gasteiger partial charge on any atom is -0.379 e. The van der Waals surface area contributed by atoms with Gasteiger partial charge in [0.2, 0.25) is 5.91 Å². The van der Waals surface area contributed by atoms with Crippen LogP contribution in [0, 0.1) is 0 Å². The zero-order chi connectivity index (χ0) is 22.1. The van der Waals surface area contributed by atoms with Crippen LogP contribution in [-0.2, 0) is 9.53 Å². The van der Waals surface area contributed by atoms with Gasteiger partial charge in [-0.15, -0.1) is 0 Å². The number of piperazine rings is 1. The first-order valence-corrected chi connectivity index (χ1v) is 11.3. The standard InChI is InChI=1S/C23H38N6O2/c1-23(2,29-15-17-31-18-16-29)19-26-22(24-3)25-10-9-21(30)28-13-11-27(12-14-28)20-7-5-4-6-8-20/h4-8H,9-19H2,1-3H3,(H2,24,25,26). The quantitative estimate of drug-likeness (QED) is 0.497. The van der Waals surface area contributed by atoms with E-state index in [2.05, 4.69) is 63.5 Å². The molecule has 0 atom stereocenters. The van der Waals surface area contributed by atoms with Gasteiger partial charge in [-0.05, 0) is 26.0 Å². The first-order valence-electron chi connectivity index (χ1n) is 11.3. The van der Waals surface area contributed by atoms with Crippen molar-refractivity contribution in [3.8, 4) is 0 Å². The molecule has 0 bridgehead atoms. The van der Waals surface area contributed by atoms with E-state index in [1.165, 1.54) is 5.69 Å². The molecule has 0 aliphatic carbocycles. The smallest absolute Gasteiger partial charge is 0.224 e. The van der Waals surface area contributed by atoms with Crippen LogP contribution in [0.1, 0.15) is 20.3 Å². The average molecular weight is 431 g/mol. The maximum absolute atomic E-state index is 12.6. The molecule has 0 saturated carbocycles. The Labute approximate surface area is 186 Å². The van der Waals surface area contributed by atoms with Crippen molar-refractivity contribution in [2.45, 2.75) is 25.8 Å². The fourth-order valence-corrected chi connectivity index (χ4v) is 4.10. The summed E-state index contributed by atoms with van der Waals surface area (Å²) in [5.74, 6) is 0.937. The van der Waals surface area contributed by atoms with E-state index in [-0.39, 0.29) is 11.4 Å². The number of benzene rings is 1. The van der Waals surface area contributed by atoms with Gasteiger partial charge in [0.25, 0.3) is 0 Å². The number of aliphatic imine (C=N–C) groups is 1. The molecule has 172 valence electrons. The van der Waals surface area contributed by atoms with Crippen LogP contribution in [0.3, 0.4) is 0 Å². The van der Waals surface area contributed by atoms with Crippen LogP contribution in [-0.4, -0.2) is 99.8 Å². The van der Waals surface area contributed by atoms with Gasteiger partial charge < -0.3 is 25.2 Å². The summed E-state index contributed by atoms with van der Waals surface area (Å²) < 4.78 is 5.46. The van der Waals surface area contributed by atoms with E-state index in [4.69, 9.17) is 4.74 Å². The second-order valence-electron chi connectivity index (χ2n) is 8.72. The van der Waals surface area contributed by atoms with Gasteiger partial charge in [0.15, 0.2) is 5.96 Å². The summed E-state index contributed by atoms with van der Waals surface area (Å²) in [5, 5.41) is 6.70. The summed E-state index contributed by atoms with van der Waals surface area (Å²) in [6.07, 6.45) is 0.471. The molecule has 2 saturated heterocycles. The van der Waals surface area contributed by atoms with Crippen molar-refractivity contribution in [1.29, 1.82) is 0 Å². The number of hydrogen-bond donors (Lipinski definition) is 2. The highest BCUT2D eigenvalue weighted by Crippen LogP contribution is 2.16. The summed E-state index contributed by atoms with van der Waals surface area (Å²) in [6, 6.07) is 10.4. The van der Waals surface area contributed by atoms with Gasteiger partial charge in [-0.1, -0.05) is 18.2 Å². The van der Waals surface area contributed by atoms with E-state index in [1.807, 2.05) is 11.0 Å². The van der Waals surface area contributed by atoms with Gasteiger partial charge in [0.05, 0.1) is 13.2 Å². The molecular weight excluding hydrogens is 392 g/mol. The Hall–Kier alpha value is -2.32. The molecule has 0 unspecified atom stereocenters. The highest BCUT2D eigenvalue weighted by molar-refractivity contribution is 5.81. The van der Waals surface area contributed by atoms with E-state index < -0.39 is 0 Å². The first kappa shape index (κ1) is 23.3. The molecule has 2 aliphatic heterocycles. The molecule has 2 N–H and O–H groups in total. The van der Waals surface area contributed by atoms with Gasteiger partial charge >= 0.3 is 0 Å². The number of morpholine rings is 1. The van der Waals surface area contributed by atoms with E-state index in [0.29, 0.717) is 13.0 Å². The number of carbonyl (C=O) groups is 1. The molecule has 31 heavy (non-hydrogen) atoms. The normalized spacial score (nSPS) is 18.7. The number of para-hydroxylation sites is 1. The number of carbonyl (C=O) groups excluding carboxylic acids is 1. The van der Waals surface area contributed by atoms with Gasteiger partial charge in [-0.2, -0.15) is 0 Å². The number of amides is 1. The van der Waals surface area contributed by atoms with Crippen molar-refractivity contribution in [2.24, 2.45) is 4.99 Å². The van der Waals surface area contributed by atoms with Gasteiger partial charge in [0, 0.05) is 77.1 Å². The average Bonchev–Trinajstić information content (AvgIpc) is 2.82. The minimum absolute atomic E-state index is 0.00957. The number of anilines is 1. The monoisotopic (exact) mass is 430 g/mol. The topological polar surface area (TPSA) is 72.4 Å². The Morgan fingerprint density at radius 1 is 1.03 bits per heavy atom.